The average molecular weight is 383 g/mol. The second-order valence-electron chi connectivity index (χ2n) is 7.33. The molecule has 1 fully saturated rings. The van der Waals surface area contributed by atoms with Crippen molar-refractivity contribution in [1.82, 2.24) is 9.88 Å². The molecule has 2 N–H and O–H groups in total. The Labute approximate surface area is 166 Å². The predicted molar refractivity (Wildman–Crippen MR) is 108 cm³/mol. The van der Waals surface area contributed by atoms with E-state index in [0.717, 1.165) is 36.8 Å². The van der Waals surface area contributed by atoms with E-state index in [1.807, 2.05) is 35.2 Å². The van der Waals surface area contributed by atoms with E-state index in [-0.39, 0.29) is 17.9 Å². The smallest absolute Gasteiger partial charge is 0.226 e. The number of carbonyl (C=O) groups is 1. The van der Waals surface area contributed by atoms with Gasteiger partial charge in [0.25, 0.3) is 0 Å². The Kier molecular flexibility index (Phi) is 6.87. The van der Waals surface area contributed by atoms with E-state index in [1.165, 1.54) is 0 Å². The molecular weight excluding hydrogens is 354 g/mol. The first kappa shape index (κ1) is 20.1. The summed E-state index contributed by atoms with van der Waals surface area (Å²) in [7, 11) is 3.23. The zero-order valence-electron chi connectivity index (χ0n) is 16.6. The van der Waals surface area contributed by atoms with Crippen LogP contribution in [0.2, 0.25) is 0 Å². The van der Waals surface area contributed by atoms with E-state index in [0.29, 0.717) is 24.6 Å². The molecule has 1 heterocycles. The second kappa shape index (κ2) is 9.55. The highest BCUT2D eigenvalue weighted by molar-refractivity contribution is 5.79. The maximum Gasteiger partial charge on any atom is 0.226 e. The summed E-state index contributed by atoms with van der Waals surface area (Å²) in [5.74, 6) is 1.43. The molecule has 1 aromatic carbocycles. The fourth-order valence-corrected chi connectivity index (χ4v) is 3.92. The summed E-state index contributed by atoms with van der Waals surface area (Å²) in [6, 6.07) is 9.73. The third-order valence-electron chi connectivity index (χ3n) is 5.32. The molecule has 28 heavy (non-hydrogen) atoms. The van der Waals surface area contributed by atoms with Crippen molar-refractivity contribution in [3.63, 3.8) is 0 Å². The van der Waals surface area contributed by atoms with Gasteiger partial charge in [0.1, 0.15) is 0 Å². The lowest BCUT2D eigenvalue weighted by atomic mass is 9.85. The first-order valence-electron chi connectivity index (χ1n) is 9.75. The maximum atomic E-state index is 13.4. The standard InChI is InChI=1S/C22H29N3O3/c1-27-20-10-4-8-18(21(20)28-2)15-25(14-16-6-5-11-24-13-16)22(26)17-7-3-9-19(23)12-17/h4-6,8,10-11,13,17,19H,3,7,9,12,14-15,23H2,1-2H3/t17-,19+/m1/s1. The minimum absolute atomic E-state index is 0.0305. The highest BCUT2D eigenvalue weighted by Gasteiger charge is 2.29. The minimum atomic E-state index is -0.0305. The van der Waals surface area contributed by atoms with E-state index in [4.69, 9.17) is 15.2 Å². The Morgan fingerprint density at radius 1 is 1.18 bits per heavy atom. The van der Waals surface area contributed by atoms with Gasteiger partial charge in [-0.15, -0.1) is 0 Å². The third-order valence-corrected chi connectivity index (χ3v) is 5.32. The lowest BCUT2D eigenvalue weighted by Crippen LogP contribution is -2.40. The molecule has 0 saturated heterocycles. The molecule has 0 aliphatic heterocycles. The molecule has 1 aliphatic carbocycles. The number of pyridine rings is 1. The topological polar surface area (TPSA) is 77.7 Å². The van der Waals surface area contributed by atoms with Crippen molar-refractivity contribution in [2.24, 2.45) is 11.7 Å². The van der Waals surface area contributed by atoms with Crippen LogP contribution in [0.25, 0.3) is 0 Å². The molecular formula is C22H29N3O3. The Hall–Kier alpha value is -2.60. The number of nitrogens with two attached hydrogens (primary N) is 1. The van der Waals surface area contributed by atoms with Gasteiger partial charge >= 0.3 is 0 Å². The SMILES string of the molecule is COc1cccc(CN(Cc2cccnc2)C(=O)[C@@H]2CCC[C@H](N)C2)c1OC. The fourth-order valence-electron chi connectivity index (χ4n) is 3.92. The van der Waals surface area contributed by atoms with E-state index >= 15 is 0 Å². The Morgan fingerprint density at radius 3 is 2.71 bits per heavy atom. The van der Waals surface area contributed by atoms with Crippen molar-refractivity contribution in [3.05, 3.63) is 53.9 Å². The molecule has 6 heteroatoms. The van der Waals surface area contributed by atoms with E-state index in [2.05, 4.69) is 4.98 Å². The van der Waals surface area contributed by atoms with Crippen LogP contribution < -0.4 is 15.2 Å². The number of amides is 1. The molecule has 150 valence electrons. The van der Waals surface area contributed by atoms with Gasteiger partial charge in [0.15, 0.2) is 11.5 Å². The van der Waals surface area contributed by atoms with Crippen LogP contribution in [0.15, 0.2) is 42.7 Å². The molecule has 0 bridgehead atoms. The first-order chi connectivity index (χ1) is 13.6. The summed E-state index contributed by atoms with van der Waals surface area (Å²) in [5, 5.41) is 0. The number of nitrogens with zero attached hydrogens (tertiary/aromatic N) is 2. The van der Waals surface area contributed by atoms with Crippen molar-refractivity contribution in [1.29, 1.82) is 0 Å². The summed E-state index contributed by atoms with van der Waals surface area (Å²) >= 11 is 0. The van der Waals surface area contributed by atoms with Crippen LogP contribution in [0.3, 0.4) is 0 Å². The molecule has 1 aliphatic rings. The van der Waals surface area contributed by atoms with Gasteiger partial charge in [0, 0.05) is 43.0 Å². The Balaban J connectivity index is 1.87. The van der Waals surface area contributed by atoms with Crippen LogP contribution in [0.1, 0.15) is 36.8 Å². The highest BCUT2D eigenvalue weighted by atomic mass is 16.5. The predicted octanol–water partition coefficient (Wildman–Crippen LogP) is 3.15. The van der Waals surface area contributed by atoms with Crippen molar-refractivity contribution in [2.45, 2.75) is 44.8 Å². The fraction of sp³-hybridized carbons (Fsp3) is 0.455. The van der Waals surface area contributed by atoms with Crippen LogP contribution in [0, 0.1) is 5.92 Å². The van der Waals surface area contributed by atoms with Crippen molar-refractivity contribution < 1.29 is 14.3 Å². The van der Waals surface area contributed by atoms with Gasteiger partial charge in [-0.1, -0.05) is 24.6 Å². The van der Waals surface area contributed by atoms with Gasteiger partial charge in [-0.3, -0.25) is 9.78 Å². The van der Waals surface area contributed by atoms with Crippen molar-refractivity contribution in [3.8, 4) is 11.5 Å². The Morgan fingerprint density at radius 2 is 2.04 bits per heavy atom. The van der Waals surface area contributed by atoms with Crippen LogP contribution >= 0.6 is 0 Å². The van der Waals surface area contributed by atoms with E-state index < -0.39 is 0 Å². The molecule has 1 saturated carbocycles. The van der Waals surface area contributed by atoms with Gasteiger partial charge < -0.3 is 20.1 Å². The molecule has 3 rings (SSSR count). The van der Waals surface area contributed by atoms with Gasteiger partial charge in [-0.2, -0.15) is 0 Å². The van der Waals surface area contributed by atoms with Crippen molar-refractivity contribution >= 4 is 5.91 Å². The monoisotopic (exact) mass is 383 g/mol. The number of methoxy groups -OCH3 is 2. The summed E-state index contributed by atoms with van der Waals surface area (Å²) in [6.45, 7) is 0.943. The number of carbonyl (C=O) groups excluding carboxylic acids is 1. The van der Waals surface area contributed by atoms with Crippen molar-refractivity contribution in [2.75, 3.05) is 14.2 Å². The summed E-state index contributed by atoms with van der Waals surface area (Å²) in [4.78, 5) is 19.5. The summed E-state index contributed by atoms with van der Waals surface area (Å²) < 4.78 is 11.0. The van der Waals surface area contributed by atoms with Crippen LogP contribution in [-0.4, -0.2) is 36.1 Å². The Bertz CT molecular complexity index is 782. The number of para-hydroxylation sites is 1. The molecule has 2 aromatic rings. The molecule has 0 unspecified atom stereocenters. The molecule has 1 amide bonds. The van der Waals surface area contributed by atoms with Crippen LogP contribution in [-0.2, 0) is 17.9 Å². The lowest BCUT2D eigenvalue weighted by Gasteiger charge is -2.32. The number of ether oxygens (including phenoxy) is 2. The van der Waals surface area contributed by atoms with Crippen LogP contribution in [0.5, 0.6) is 11.5 Å². The number of hydrogen-bond acceptors (Lipinski definition) is 5. The maximum absolute atomic E-state index is 13.4. The highest BCUT2D eigenvalue weighted by Crippen LogP contribution is 2.33. The van der Waals surface area contributed by atoms with Gasteiger partial charge in [0.05, 0.1) is 14.2 Å². The number of aromatic nitrogens is 1. The minimum Gasteiger partial charge on any atom is -0.493 e. The molecule has 0 spiro atoms. The summed E-state index contributed by atoms with van der Waals surface area (Å²) in [6.07, 6.45) is 7.18. The second-order valence-corrected chi connectivity index (χ2v) is 7.33. The number of hydrogen-bond donors (Lipinski definition) is 1. The van der Waals surface area contributed by atoms with E-state index in [1.54, 1.807) is 26.6 Å². The third kappa shape index (κ3) is 4.81. The molecule has 0 radical (unpaired) electrons. The average Bonchev–Trinajstić information content (AvgIpc) is 2.73. The van der Waals surface area contributed by atoms with Crippen LogP contribution in [0.4, 0.5) is 0 Å². The van der Waals surface area contributed by atoms with E-state index in [9.17, 15) is 4.79 Å². The first-order valence-corrected chi connectivity index (χ1v) is 9.75. The normalized spacial score (nSPS) is 19.1. The molecule has 2 atom stereocenters. The van der Waals surface area contributed by atoms with Gasteiger partial charge in [0.2, 0.25) is 5.91 Å². The summed E-state index contributed by atoms with van der Waals surface area (Å²) in [5.41, 5.74) is 8.05. The largest absolute Gasteiger partial charge is 0.493 e. The molecule has 6 nitrogen and oxygen atoms in total. The zero-order valence-corrected chi connectivity index (χ0v) is 16.6. The number of benzene rings is 1. The molecule has 1 aromatic heterocycles. The number of rotatable bonds is 7. The van der Waals surface area contributed by atoms with Gasteiger partial charge in [-0.25, -0.2) is 0 Å². The zero-order chi connectivity index (χ0) is 19.9. The quantitative estimate of drug-likeness (QED) is 0.795. The lowest BCUT2D eigenvalue weighted by molar-refractivity contribution is -0.138. The van der Waals surface area contributed by atoms with Gasteiger partial charge in [-0.05, 0) is 37.0 Å².